The number of halogens is 1. The molecule has 38 heavy (non-hydrogen) atoms. The molecule has 1 N–H and O–H groups in total. The van der Waals surface area contributed by atoms with Crippen molar-refractivity contribution in [2.45, 2.75) is 64.9 Å². The summed E-state index contributed by atoms with van der Waals surface area (Å²) >= 11 is 0. The molecule has 1 aromatic carbocycles. The van der Waals surface area contributed by atoms with Gasteiger partial charge in [0.2, 0.25) is 0 Å². The van der Waals surface area contributed by atoms with Gasteiger partial charge in [-0.15, -0.1) is 0 Å². The normalized spacial score (nSPS) is 41.7. The Labute approximate surface area is 225 Å². The fourth-order valence-electron chi connectivity index (χ4n) is 10.4. The second-order valence-corrected chi connectivity index (χ2v) is 13.5. The highest BCUT2D eigenvalue weighted by Gasteiger charge is 2.65. The van der Waals surface area contributed by atoms with Crippen molar-refractivity contribution in [2.75, 3.05) is 26.9 Å². The van der Waals surface area contributed by atoms with Gasteiger partial charge in [-0.1, -0.05) is 19.4 Å². The monoisotopic (exact) mass is 520 g/mol. The lowest BCUT2D eigenvalue weighted by Crippen LogP contribution is -2.58. The molecule has 0 spiro atoms. The van der Waals surface area contributed by atoms with Crippen LogP contribution in [0.15, 0.2) is 36.0 Å². The zero-order chi connectivity index (χ0) is 26.3. The smallest absolute Gasteiger partial charge is 0.123 e. The number of ether oxygens (including phenoxy) is 2. The van der Waals surface area contributed by atoms with Gasteiger partial charge in [0.1, 0.15) is 5.82 Å². The summed E-state index contributed by atoms with van der Waals surface area (Å²) in [4.78, 5) is 0. The molecule has 4 aliphatic carbocycles. The SMILES string of the molecule is COCC1(C2CCC3C4CCC5=Cc6c(cnn6-c6ccc(F)cc6)CC5(C)C4C(O)CC32C)CCOC1. The van der Waals surface area contributed by atoms with E-state index in [0.717, 1.165) is 63.3 Å². The lowest BCUT2D eigenvalue weighted by atomic mass is 9.44. The molecule has 204 valence electrons. The van der Waals surface area contributed by atoms with E-state index in [-0.39, 0.29) is 34.1 Å². The lowest BCUT2D eigenvalue weighted by molar-refractivity contribution is -0.143. The van der Waals surface area contributed by atoms with Gasteiger partial charge in [-0.2, -0.15) is 5.10 Å². The molecule has 6 heteroatoms. The van der Waals surface area contributed by atoms with Crippen molar-refractivity contribution in [3.05, 3.63) is 53.1 Å². The molecular formula is C32H41FN2O3. The number of nitrogens with zero attached hydrogens (tertiary/aromatic N) is 2. The molecule has 5 aliphatic rings. The summed E-state index contributed by atoms with van der Waals surface area (Å²) in [5, 5.41) is 16.7. The van der Waals surface area contributed by atoms with Crippen LogP contribution in [0.4, 0.5) is 4.39 Å². The highest BCUT2D eigenvalue weighted by molar-refractivity contribution is 5.61. The van der Waals surface area contributed by atoms with Crippen molar-refractivity contribution < 1.29 is 19.0 Å². The first-order valence-corrected chi connectivity index (χ1v) is 14.6. The second kappa shape index (κ2) is 8.74. The number of aromatic nitrogens is 2. The standard InChI is InChI=1S/C32H41FN2O3/c1-30-15-20-17-34-35(23-7-5-22(33)6-8-23)26(20)14-21(30)4-9-24-25-10-11-28(31(25,2)16-27(36)29(24)30)32(18-37-3)12-13-38-19-32/h5-8,14,17,24-25,27-29,36H,4,9-13,15-16,18-19H2,1-3H3. The predicted molar refractivity (Wildman–Crippen MR) is 144 cm³/mol. The van der Waals surface area contributed by atoms with Crippen LogP contribution in [0.1, 0.15) is 63.6 Å². The van der Waals surface area contributed by atoms with Crippen LogP contribution in [0, 0.1) is 45.7 Å². The molecule has 4 fully saturated rings. The molecule has 1 aromatic heterocycles. The van der Waals surface area contributed by atoms with Crippen molar-refractivity contribution in [1.29, 1.82) is 0 Å². The third-order valence-electron chi connectivity index (χ3n) is 11.8. The van der Waals surface area contributed by atoms with Crippen LogP contribution in [-0.2, 0) is 15.9 Å². The fourth-order valence-corrected chi connectivity index (χ4v) is 10.4. The number of fused-ring (bicyclic) bond motifs is 6. The zero-order valence-electron chi connectivity index (χ0n) is 23.0. The van der Waals surface area contributed by atoms with Gasteiger partial charge in [-0.25, -0.2) is 9.07 Å². The van der Waals surface area contributed by atoms with Crippen molar-refractivity contribution in [1.82, 2.24) is 9.78 Å². The quantitative estimate of drug-likeness (QED) is 0.551. The molecule has 0 bridgehead atoms. The molecule has 0 radical (unpaired) electrons. The maximum atomic E-state index is 13.5. The molecule has 2 aromatic rings. The summed E-state index contributed by atoms with van der Waals surface area (Å²) in [6, 6.07) is 6.57. The Morgan fingerprint density at radius 3 is 2.74 bits per heavy atom. The Morgan fingerprint density at radius 1 is 1.18 bits per heavy atom. The zero-order valence-corrected chi connectivity index (χ0v) is 23.0. The van der Waals surface area contributed by atoms with Crippen LogP contribution in [0.2, 0.25) is 0 Å². The summed E-state index contributed by atoms with van der Waals surface area (Å²) in [6.45, 7) is 7.28. The Hall–Kier alpha value is -2.02. The number of hydrogen-bond donors (Lipinski definition) is 1. The third kappa shape index (κ3) is 3.42. The first-order valence-electron chi connectivity index (χ1n) is 14.6. The van der Waals surface area contributed by atoms with Gasteiger partial charge in [-0.3, -0.25) is 0 Å². The van der Waals surface area contributed by atoms with E-state index in [4.69, 9.17) is 14.6 Å². The minimum atomic E-state index is -0.314. The van der Waals surface area contributed by atoms with Crippen LogP contribution in [-0.4, -0.2) is 47.9 Å². The molecule has 1 saturated heterocycles. The first-order chi connectivity index (χ1) is 18.3. The maximum Gasteiger partial charge on any atom is 0.123 e. The molecule has 5 nitrogen and oxygen atoms in total. The topological polar surface area (TPSA) is 56.5 Å². The minimum absolute atomic E-state index is 0.0634. The van der Waals surface area contributed by atoms with Crippen molar-refractivity contribution >= 4 is 6.08 Å². The number of aliphatic hydroxyl groups is 1. The molecule has 7 rings (SSSR count). The molecule has 1 aliphatic heterocycles. The van der Waals surface area contributed by atoms with Gasteiger partial charge in [0.25, 0.3) is 0 Å². The Bertz CT molecular complexity index is 1250. The molecule has 0 amide bonds. The Balaban J connectivity index is 1.21. The van der Waals surface area contributed by atoms with E-state index in [1.165, 1.54) is 36.1 Å². The Kier molecular flexibility index (Phi) is 5.75. The lowest BCUT2D eigenvalue weighted by Gasteiger charge is -2.61. The maximum absolute atomic E-state index is 13.5. The first kappa shape index (κ1) is 25.0. The van der Waals surface area contributed by atoms with E-state index in [1.807, 2.05) is 18.0 Å². The van der Waals surface area contributed by atoms with Crippen molar-refractivity contribution in [2.24, 2.45) is 39.9 Å². The summed E-state index contributed by atoms with van der Waals surface area (Å²) in [5.74, 6) is 1.73. The van der Waals surface area contributed by atoms with Crippen molar-refractivity contribution in [3.63, 3.8) is 0 Å². The summed E-state index contributed by atoms with van der Waals surface area (Å²) < 4.78 is 27.2. The van der Waals surface area contributed by atoms with Crippen LogP contribution < -0.4 is 0 Å². The average molecular weight is 521 g/mol. The van der Waals surface area contributed by atoms with Gasteiger partial charge in [0.15, 0.2) is 0 Å². The fraction of sp³-hybridized carbons (Fsp3) is 0.656. The van der Waals surface area contributed by atoms with E-state index in [1.54, 1.807) is 12.1 Å². The highest BCUT2D eigenvalue weighted by Crippen LogP contribution is 2.69. The third-order valence-corrected chi connectivity index (χ3v) is 11.8. The number of methoxy groups -OCH3 is 1. The van der Waals surface area contributed by atoms with Crippen molar-refractivity contribution in [3.8, 4) is 5.69 Å². The van der Waals surface area contributed by atoms with E-state index >= 15 is 0 Å². The van der Waals surface area contributed by atoms with Gasteiger partial charge in [0, 0.05) is 19.1 Å². The van der Waals surface area contributed by atoms with Crippen LogP contribution in [0.3, 0.4) is 0 Å². The molecular weight excluding hydrogens is 479 g/mol. The largest absolute Gasteiger partial charge is 0.393 e. The van der Waals surface area contributed by atoms with Crippen LogP contribution in [0.5, 0.6) is 0 Å². The van der Waals surface area contributed by atoms with E-state index in [2.05, 4.69) is 19.9 Å². The van der Waals surface area contributed by atoms with Gasteiger partial charge < -0.3 is 14.6 Å². The second-order valence-electron chi connectivity index (χ2n) is 13.5. The number of hydrogen-bond acceptors (Lipinski definition) is 4. The predicted octanol–water partition coefficient (Wildman–Crippen LogP) is 5.83. The number of allylic oxidation sites excluding steroid dienone is 1. The summed E-state index contributed by atoms with van der Waals surface area (Å²) in [5.41, 5.74) is 4.82. The highest BCUT2D eigenvalue weighted by atomic mass is 19.1. The summed E-state index contributed by atoms with van der Waals surface area (Å²) in [7, 11) is 1.83. The average Bonchev–Trinajstić information content (AvgIpc) is 3.60. The molecule has 8 atom stereocenters. The number of rotatable bonds is 4. The number of aliphatic hydroxyl groups excluding tert-OH is 1. The number of benzene rings is 1. The van der Waals surface area contributed by atoms with Gasteiger partial charge in [-0.05, 0) is 115 Å². The van der Waals surface area contributed by atoms with E-state index in [9.17, 15) is 9.50 Å². The summed E-state index contributed by atoms with van der Waals surface area (Å²) in [6.07, 6.45) is 11.6. The van der Waals surface area contributed by atoms with Gasteiger partial charge >= 0.3 is 0 Å². The molecule has 2 heterocycles. The molecule has 8 unspecified atom stereocenters. The van der Waals surface area contributed by atoms with Crippen LogP contribution in [0.25, 0.3) is 11.8 Å². The van der Waals surface area contributed by atoms with E-state index < -0.39 is 0 Å². The van der Waals surface area contributed by atoms with E-state index in [0.29, 0.717) is 17.8 Å². The Morgan fingerprint density at radius 2 is 2.00 bits per heavy atom. The van der Waals surface area contributed by atoms with Gasteiger partial charge in [0.05, 0.1) is 36.9 Å². The molecule has 3 saturated carbocycles. The minimum Gasteiger partial charge on any atom is -0.393 e. The van der Waals surface area contributed by atoms with Crippen LogP contribution >= 0.6 is 0 Å².